The molecule has 2 aliphatic rings. The van der Waals surface area contributed by atoms with Gasteiger partial charge in [-0.25, -0.2) is 0 Å². The summed E-state index contributed by atoms with van der Waals surface area (Å²) in [4.78, 5) is 5.46. The molecule has 124 valence electrons. The van der Waals surface area contributed by atoms with Gasteiger partial charge in [-0.2, -0.15) is 0 Å². The van der Waals surface area contributed by atoms with Crippen LogP contribution in [0.25, 0.3) is 11.6 Å². The second kappa shape index (κ2) is 6.30. The quantitative estimate of drug-likeness (QED) is 0.657. The normalized spacial score (nSPS) is 19.5. The first-order chi connectivity index (χ1) is 11.6. The molecule has 4 rings (SSSR count). The Bertz CT molecular complexity index is 898. The van der Waals surface area contributed by atoms with Gasteiger partial charge in [0.05, 0.1) is 10.6 Å². The summed E-state index contributed by atoms with van der Waals surface area (Å²) in [5.41, 5.74) is 4.18. The van der Waals surface area contributed by atoms with Gasteiger partial charge in [0, 0.05) is 22.9 Å². The van der Waals surface area contributed by atoms with Crippen LogP contribution in [0.3, 0.4) is 0 Å². The van der Waals surface area contributed by atoms with Crippen molar-refractivity contribution < 1.29 is 5.11 Å². The van der Waals surface area contributed by atoms with E-state index in [0.29, 0.717) is 11.9 Å². The number of aromatic hydroxyl groups is 1. The van der Waals surface area contributed by atoms with Crippen LogP contribution in [0.15, 0.2) is 29.3 Å². The molecule has 0 unspecified atom stereocenters. The largest absolute Gasteiger partial charge is 0.493 e. The molecule has 1 aromatic carbocycles. The van der Waals surface area contributed by atoms with Crippen molar-refractivity contribution in [3.8, 4) is 5.88 Å². The zero-order valence-corrected chi connectivity index (χ0v) is 15.3. The number of benzene rings is 1. The molecule has 0 amide bonds. The van der Waals surface area contributed by atoms with Crippen LogP contribution in [0, 0.1) is 3.95 Å². The summed E-state index contributed by atoms with van der Waals surface area (Å²) < 4.78 is 2.74. The number of fused-ring (bicyclic) bond motifs is 1. The SMILES string of the molecule is CC1=Nc2ccccc2/C1=C/c1sc(=S)n(C2CCCCC2)c1O. The van der Waals surface area contributed by atoms with Gasteiger partial charge in [-0.15, -0.1) is 11.3 Å². The minimum atomic E-state index is 0.321. The van der Waals surface area contributed by atoms with Crippen molar-refractivity contribution in [2.24, 2.45) is 4.99 Å². The van der Waals surface area contributed by atoms with Crippen LogP contribution in [0.1, 0.15) is 55.5 Å². The summed E-state index contributed by atoms with van der Waals surface area (Å²) in [5.74, 6) is 0.321. The molecule has 0 atom stereocenters. The van der Waals surface area contributed by atoms with Crippen LogP contribution >= 0.6 is 23.6 Å². The van der Waals surface area contributed by atoms with E-state index in [4.69, 9.17) is 12.2 Å². The fourth-order valence-corrected chi connectivity index (χ4v) is 5.09. The number of para-hydroxylation sites is 1. The Kier molecular flexibility index (Phi) is 4.14. The van der Waals surface area contributed by atoms with E-state index < -0.39 is 0 Å². The minimum absolute atomic E-state index is 0.321. The Labute approximate surface area is 151 Å². The molecule has 1 aliphatic carbocycles. The summed E-state index contributed by atoms with van der Waals surface area (Å²) in [5, 5.41) is 10.8. The maximum atomic E-state index is 10.8. The third-order valence-corrected chi connectivity index (χ3v) is 6.27. The summed E-state index contributed by atoms with van der Waals surface area (Å²) >= 11 is 7.05. The predicted octanol–water partition coefficient (Wildman–Crippen LogP) is 6.14. The van der Waals surface area contributed by atoms with Crippen LogP contribution < -0.4 is 0 Å². The van der Waals surface area contributed by atoms with E-state index in [0.717, 1.165) is 44.2 Å². The zero-order chi connectivity index (χ0) is 16.7. The Balaban J connectivity index is 1.76. The van der Waals surface area contributed by atoms with E-state index in [1.165, 1.54) is 30.6 Å². The second-order valence-electron chi connectivity index (χ2n) is 6.49. The smallest absolute Gasteiger partial charge is 0.210 e. The number of nitrogens with zero attached hydrogens (tertiary/aromatic N) is 2. The molecule has 1 N–H and O–H groups in total. The average molecular weight is 357 g/mol. The highest BCUT2D eigenvalue weighted by Crippen LogP contribution is 2.40. The average Bonchev–Trinajstić information content (AvgIpc) is 3.05. The van der Waals surface area contributed by atoms with Gasteiger partial charge in [0.1, 0.15) is 0 Å². The molecule has 0 spiro atoms. The molecule has 0 saturated heterocycles. The van der Waals surface area contributed by atoms with Gasteiger partial charge < -0.3 is 5.11 Å². The van der Waals surface area contributed by atoms with Crippen LogP contribution in [0.5, 0.6) is 5.88 Å². The lowest BCUT2D eigenvalue weighted by atomic mass is 9.95. The Morgan fingerprint density at radius 3 is 2.79 bits per heavy atom. The first-order valence-corrected chi connectivity index (χ1v) is 9.68. The molecule has 1 aliphatic heterocycles. The third kappa shape index (κ3) is 2.66. The number of aliphatic imine (C=N–C) groups is 1. The molecule has 2 heterocycles. The van der Waals surface area contributed by atoms with E-state index in [-0.39, 0.29) is 0 Å². The number of hydrogen-bond acceptors (Lipinski definition) is 4. The highest BCUT2D eigenvalue weighted by molar-refractivity contribution is 7.73. The summed E-state index contributed by atoms with van der Waals surface area (Å²) in [7, 11) is 0. The fourth-order valence-electron chi connectivity index (χ4n) is 3.70. The first-order valence-electron chi connectivity index (χ1n) is 8.46. The number of allylic oxidation sites excluding steroid dienone is 1. The lowest BCUT2D eigenvalue weighted by Gasteiger charge is -2.23. The Hall–Kier alpha value is -1.72. The van der Waals surface area contributed by atoms with Gasteiger partial charge in [-0.05, 0) is 44.1 Å². The molecular formula is C19H20N2OS2. The molecule has 2 aromatic rings. The Morgan fingerprint density at radius 2 is 2.00 bits per heavy atom. The molecule has 24 heavy (non-hydrogen) atoms. The zero-order valence-electron chi connectivity index (χ0n) is 13.7. The number of hydrogen-bond donors (Lipinski definition) is 1. The van der Waals surface area contributed by atoms with Crippen molar-refractivity contribution in [2.75, 3.05) is 0 Å². The highest BCUT2D eigenvalue weighted by Gasteiger charge is 2.23. The van der Waals surface area contributed by atoms with Gasteiger partial charge in [-0.1, -0.05) is 37.5 Å². The minimum Gasteiger partial charge on any atom is -0.493 e. The van der Waals surface area contributed by atoms with Crippen molar-refractivity contribution in [2.45, 2.75) is 45.1 Å². The van der Waals surface area contributed by atoms with Gasteiger partial charge in [0.2, 0.25) is 5.88 Å². The van der Waals surface area contributed by atoms with Crippen LogP contribution in [0.2, 0.25) is 0 Å². The lowest BCUT2D eigenvalue weighted by molar-refractivity contribution is 0.312. The lowest BCUT2D eigenvalue weighted by Crippen LogP contribution is -2.12. The van der Waals surface area contributed by atoms with Crippen molar-refractivity contribution in [1.29, 1.82) is 0 Å². The summed E-state index contributed by atoms with van der Waals surface area (Å²) in [6, 6.07) is 8.47. The maximum absolute atomic E-state index is 10.8. The van der Waals surface area contributed by atoms with E-state index in [2.05, 4.69) is 11.1 Å². The highest BCUT2D eigenvalue weighted by atomic mass is 32.1. The van der Waals surface area contributed by atoms with Crippen molar-refractivity contribution in [3.63, 3.8) is 0 Å². The van der Waals surface area contributed by atoms with Crippen molar-refractivity contribution in [1.82, 2.24) is 4.57 Å². The molecule has 5 heteroatoms. The molecule has 0 bridgehead atoms. The Morgan fingerprint density at radius 1 is 1.25 bits per heavy atom. The van der Waals surface area contributed by atoms with Gasteiger partial charge >= 0.3 is 0 Å². The van der Waals surface area contributed by atoms with Crippen LogP contribution in [-0.2, 0) is 0 Å². The molecule has 0 radical (unpaired) electrons. The number of rotatable bonds is 2. The molecule has 1 saturated carbocycles. The van der Waals surface area contributed by atoms with E-state index in [9.17, 15) is 5.11 Å². The third-order valence-electron chi connectivity index (χ3n) is 4.93. The van der Waals surface area contributed by atoms with E-state index in [1.807, 2.05) is 35.8 Å². The topological polar surface area (TPSA) is 37.5 Å². The second-order valence-corrected chi connectivity index (χ2v) is 8.17. The number of thiazole rings is 1. The van der Waals surface area contributed by atoms with Crippen molar-refractivity contribution in [3.05, 3.63) is 38.7 Å². The molecular weight excluding hydrogens is 336 g/mol. The van der Waals surface area contributed by atoms with Crippen LogP contribution in [0.4, 0.5) is 5.69 Å². The summed E-state index contributed by atoms with van der Waals surface area (Å²) in [6.07, 6.45) is 7.99. The van der Waals surface area contributed by atoms with E-state index in [1.54, 1.807) is 0 Å². The maximum Gasteiger partial charge on any atom is 0.210 e. The molecule has 1 aromatic heterocycles. The van der Waals surface area contributed by atoms with Gasteiger partial charge in [0.15, 0.2) is 3.95 Å². The van der Waals surface area contributed by atoms with Gasteiger partial charge in [-0.3, -0.25) is 9.56 Å². The predicted molar refractivity (Wildman–Crippen MR) is 104 cm³/mol. The summed E-state index contributed by atoms with van der Waals surface area (Å²) in [6.45, 7) is 2.01. The standard InChI is InChI=1S/C19H20N2OS2/c1-12-15(14-9-5-6-10-16(14)20-12)11-17-18(22)21(19(23)24-17)13-7-3-2-4-8-13/h5-6,9-11,13,22H,2-4,7-8H2,1H3/b15-11+. The molecule has 1 fully saturated rings. The molecule has 3 nitrogen and oxygen atoms in total. The van der Waals surface area contributed by atoms with Crippen LogP contribution in [-0.4, -0.2) is 15.4 Å². The first kappa shape index (κ1) is 15.8. The van der Waals surface area contributed by atoms with Gasteiger partial charge in [0.25, 0.3) is 0 Å². The van der Waals surface area contributed by atoms with E-state index >= 15 is 0 Å². The van der Waals surface area contributed by atoms with Crippen molar-refractivity contribution >= 4 is 46.6 Å². The monoisotopic (exact) mass is 356 g/mol. The number of aromatic nitrogens is 1. The fraction of sp³-hybridized carbons (Fsp3) is 0.368.